The van der Waals surface area contributed by atoms with Gasteiger partial charge in [0, 0.05) is 19.3 Å². The van der Waals surface area contributed by atoms with Crippen LogP contribution in [0.1, 0.15) is 18.4 Å². The van der Waals surface area contributed by atoms with E-state index in [1.54, 1.807) is 0 Å². The average Bonchev–Trinajstić information content (AvgIpc) is 2.52. The van der Waals surface area contributed by atoms with Crippen LogP contribution in [0.15, 0.2) is 17.3 Å². The Morgan fingerprint density at radius 3 is 2.33 bits per heavy atom. The molecule has 0 saturated carbocycles. The van der Waals surface area contributed by atoms with Crippen molar-refractivity contribution in [1.29, 1.82) is 10.5 Å². The van der Waals surface area contributed by atoms with E-state index in [9.17, 15) is 18.0 Å². The van der Waals surface area contributed by atoms with Gasteiger partial charge in [0.05, 0.1) is 41.3 Å². The number of carbonyl (C=O) groups excluding carboxylic acids is 1. The van der Waals surface area contributed by atoms with E-state index in [-0.39, 0.29) is 47.6 Å². The summed E-state index contributed by atoms with van der Waals surface area (Å²) >= 11 is 6.67. The molecule has 0 saturated heterocycles. The number of hydrogen-bond donors (Lipinski definition) is 0. The molecule has 1 amide bonds. The van der Waals surface area contributed by atoms with Crippen LogP contribution in [0.25, 0.3) is 0 Å². The smallest absolute Gasteiger partial charge is 0.340 e. The van der Waals surface area contributed by atoms with Gasteiger partial charge in [-0.25, -0.2) is 4.98 Å². The molecule has 0 atom stereocenters. The Morgan fingerprint density at radius 2 is 1.88 bits per heavy atom. The molecule has 128 valence electrons. The van der Waals surface area contributed by atoms with Crippen molar-refractivity contribution in [2.45, 2.75) is 24.0 Å². The number of carbonyl (C=O) groups is 1. The Hall–Kier alpha value is -1.97. The maximum atomic E-state index is 12.5. The van der Waals surface area contributed by atoms with Crippen molar-refractivity contribution in [2.24, 2.45) is 0 Å². The van der Waals surface area contributed by atoms with E-state index in [0.29, 0.717) is 6.20 Å². The van der Waals surface area contributed by atoms with E-state index in [1.165, 1.54) is 4.90 Å². The van der Waals surface area contributed by atoms with Crippen molar-refractivity contribution in [3.63, 3.8) is 0 Å². The number of pyridine rings is 1. The second-order valence-electron chi connectivity index (χ2n) is 4.49. The molecule has 0 bridgehead atoms. The third kappa shape index (κ3) is 6.26. The van der Waals surface area contributed by atoms with Crippen LogP contribution in [-0.4, -0.2) is 34.6 Å². The quantitative estimate of drug-likeness (QED) is 0.680. The zero-order valence-electron chi connectivity index (χ0n) is 12.3. The molecule has 0 aliphatic heterocycles. The Morgan fingerprint density at radius 1 is 1.29 bits per heavy atom. The normalized spacial score (nSPS) is 10.8. The highest BCUT2D eigenvalue weighted by Gasteiger charge is 2.31. The van der Waals surface area contributed by atoms with E-state index < -0.39 is 11.7 Å². The van der Waals surface area contributed by atoms with E-state index in [0.717, 1.165) is 17.8 Å². The highest BCUT2D eigenvalue weighted by molar-refractivity contribution is 8.00. The van der Waals surface area contributed by atoms with Gasteiger partial charge in [-0.1, -0.05) is 23.4 Å². The number of rotatable bonds is 7. The van der Waals surface area contributed by atoms with Crippen molar-refractivity contribution < 1.29 is 18.0 Å². The fourth-order valence-electron chi connectivity index (χ4n) is 1.64. The Bertz CT molecular complexity index is 651. The summed E-state index contributed by atoms with van der Waals surface area (Å²) in [7, 11) is 0. The number of hydrogen-bond acceptors (Lipinski definition) is 5. The van der Waals surface area contributed by atoms with Crippen molar-refractivity contribution >= 4 is 29.3 Å². The van der Waals surface area contributed by atoms with Gasteiger partial charge < -0.3 is 4.90 Å². The Balaban J connectivity index is 2.71. The second kappa shape index (κ2) is 9.36. The molecule has 0 radical (unpaired) electrons. The molecule has 1 aromatic heterocycles. The fraction of sp³-hybridized carbons (Fsp3) is 0.429. The monoisotopic (exact) mass is 376 g/mol. The van der Waals surface area contributed by atoms with E-state index in [2.05, 4.69) is 4.98 Å². The molecule has 1 heterocycles. The lowest BCUT2D eigenvalue weighted by molar-refractivity contribution is -0.138. The van der Waals surface area contributed by atoms with Crippen LogP contribution in [-0.2, 0) is 11.0 Å². The summed E-state index contributed by atoms with van der Waals surface area (Å²) in [5.41, 5.74) is -0.965. The molecule has 0 aromatic carbocycles. The van der Waals surface area contributed by atoms with Crippen molar-refractivity contribution in [3.8, 4) is 12.1 Å². The van der Waals surface area contributed by atoms with Gasteiger partial charge in [0.15, 0.2) is 0 Å². The molecule has 0 fully saturated rings. The van der Waals surface area contributed by atoms with Crippen molar-refractivity contribution in [1.82, 2.24) is 9.88 Å². The minimum atomic E-state index is -4.54. The van der Waals surface area contributed by atoms with Gasteiger partial charge in [0.1, 0.15) is 5.03 Å². The van der Waals surface area contributed by atoms with Crippen LogP contribution in [0, 0.1) is 22.7 Å². The van der Waals surface area contributed by atoms with Crippen LogP contribution in [0.2, 0.25) is 5.02 Å². The van der Waals surface area contributed by atoms with Gasteiger partial charge in [-0.2, -0.15) is 23.7 Å². The molecule has 0 N–H and O–H groups in total. The highest BCUT2D eigenvalue weighted by atomic mass is 35.5. The maximum Gasteiger partial charge on any atom is 0.417 e. The first-order chi connectivity index (χ1) is 11.3. The minimum Gasteiger partial charge on any atom is -0.340 e. The van der Waals surface area contributed by atoms with Gasteiger partial charge in [0.25, 0.3) is 0 Å². The van der Waals surface area contributed by atoms with Crippen molar-refractivity contribution in [2.75, 3.05) is 18.8 Å². The summed E-state index contributed by atoms with van der Waals surface area (Å²) in [4.78, 5) is 17.1. The maximum absolute atomic E-state index is 12.5. The van der Waals surface area contributed by atoms with Crippen LogP contribution in [0.5, 0.6) is 0 Å². The summed E-state index contributed by atoms with van der Waals surface area (Å²) in [5, 5.41) is 17.1. The molecule has 0 spiro atoms. The van der Waals surface area contributed by atoms with Gasteiger partial charge >= 0.3 is 6.18 Å². The largest absolute Gasteiger partial charge is 0.417 e. The number of halogens is 4. The highest BCUT2D eigenvalue weighted by Crippen LogP contribution is 2.33. The van der Waals surface area contributed by atoms with E-state index >= 15 is 0 Å². The van der Waals surface area contributed by atoms with E-state index in [1.807, 2.05) is 12.1 Å². The van der Waals surface area contributed by atoms with Crippen LogP contribution < -0.4 is 0 Å². The molecule has 0 unspecified atom stereocenters. The predicted molar refractivity (Wildman–Crippen MR) is 82.0 cm³/mol. The molecule has 1 rings (SSSR count). The average molecular weight is 377 g/mol. The third-order valence-corrected chi connectivity index (χ3v) is 4.20. The SMILES string of the molecule is N#CCCN(CCC#N)C(=O)CSc1ncc(C(F)(F)F)cc1Cl. The zero-order chi connectivity index (χ0) is 18.2. The lowest BCUT2D eigenvalue weighted by Crippen LogP contribution is -2.34. The first kappa shape index (κ1) is 20.1. The summed E-state index contributed by atoms with van der Waals surface area (Å²) in [5.74, 6) is -0.446. The van der Waals surface area contributed by atoms with Crippen molar-refractivity contribution in [3.05, 3.63) is 22.8 Å². The number of aromatic nitrogens is 1. The number of amides is 1. The molecule has 0 aliphatic carbocycles. The lowest BCUT2D eigenvalue weighted by Gasteiger charge is -2.20. The van der Waals surface area contributed by atoms with E-state index in [4.69, 9.17) is 22.1 Å². The Labute approximate surface area is 146 Å². The first-order valence-electron chi connectivity index (χ1n) is 6.66. The Kier molecular flexibility index (Phi) is 7.83. The summed E-state index contributed by atoms with van der Waals surface area (Å²) in [6.07, 6.45) is -3.63. The van der Waals surface area contributed by atoms with Gasteiger partial charge in [-0.15, -0.1) is 0 Å². The summed E-state index contributed by atoms with van der Waals surface area (Å²) in [6, 6.07) is 4.57. The molecule has 24 heavy (non-hydrogen) atoms. The predicted octanol–water partition coefficient (Wildman–Crippen LogP) is 3.50. The zero-order valence-corrected chi connectivity index (χ0v) is 13.9. The second-order valence-corrected chi connectivity index (χ2v) is 5.87. The van der Waals surface area contributed by atoms with Crippen LogP contribution >= 0.6 is 23.4 Å². The number of alkyl halides is 3. The molecule has 10 heteroatoms. The molecular weight excluding hydrogens is 365 g/mol. The summed E-state index contributed by atoms with van der Waals surface area (Å²) < 4.78 is 37.6. The minimum absolute atomic E-state index is 0.102. The fourth-order valence-corrected chi connectivity index (χ4v) is 2.74. The lowest BCUT2D eigenvalue weighted by atomic mass is 10.3. The third-order valence-electron chi connectivity index (χ3n) is 2.81. The molecule has 1 aromatic rings. The van der Waals surface area contributed by atoms with Gasteiger partial charge in [0.2, 0.25) is 5.91 Å². The van der Waals surface area contributed by atoms with Crippen LogP contribution in [0.4, 0.5) is 13.2 Å². The topological polar surface area (TPSA) is 80.8 Å². The van der Waals surface area contributed by atoms with Gasteiger partial charge in [-0.3, -0.25) is 4.79 Å². The van der Waals surface area contributed by atoms with Gasteiger partial charge in [-0.05, 0) is 6.07 Å². The number of nitrogens with zero attached hydrogens (tertiary/aromatic N) is 4. The summed E-state index contributed by atoms with van der Waals surface area (Å²) in [6.45, 7) is 0.373. The van der Waals surface area contributed by atoms with Crippen LogP contribution in [0.3, 0.4) is 0 Å². The first-order valence-corrected chi connectivity index (χ1v) is 8.03. The molecular formula is C14H12ClF3N4OS. The standard InChI is InChI=1S/C14H12ClF3N4OS/c15-11-7-10(14(16,17)18)8-21-13(11)24-9-12(23)22(5-1-3-19)6-2-4-20/h7-8H,1-2,5-6,9H2. The number of nitriles is 2. The number of thioether (sulfide) groups is 1. The molecule has 5 nitrogen and oxygen atoms in total. The molecule has 0 aliphatic rings.